The summed E-state index contributed by atoms with van der Waals surface area (Å²) in [6.07, 6.45) is 1.95. The molecule has 0 saturated carbocycles. The Morgan fingerprint density at radius 3 is 3.12 bits per heavy atom. The number of fused-ring (bicyclic) bond motifs is 1. The highest BCUT2D eigenvalue weighted by molar-refractivity contribution is 5.43. The first-order valence-corrected chi connectivity index (χ1v) is 5.44. The van der Waals surface area contributed by atoms with Crippen LogP contribution in [0.25, 0.3) is 5.65 Å². The molecule has 0 saturated heterocycles. The maximum atomic E-state index is 5.22. The number of pyridine rings is 1. The summed E-state index contributed by atoms with van der Waals surface area (Å²) in [5, 5.41) is 7.43. The van der Waals surface area contributed by atoms with Crippen LogP contribution in [-0.4, -0.2) is 34.4 Å². The molecule has 5 nitrogen and oxygen atoms in total. The third-order valence-corrected chi connectivity index (χ3v) is 2.21. The SMILES string of the molecule is CCOCCNc1nc2ccc(C)cn2n1. The Bertz CT molecular complexity index is 466. The largest absolute Gasteiger partial charge is 0.380 e. The summed E-state index contributed by atoms with van der Waals surface area (Å²) in [5.41, 5.74) is 2.02. The lowest BCUT2D eigenvalue weighted by atomic mass is 10.3. The van der Waals surface area contributed by atoms with Gasteiger partial charge in [-0.3, -0.25) is 0 Å². The molecule has 0 bridgehead atoms. The molecule has 0 spiro atoms. The smallest absolute Gasteiger partial charge is 0.243 e. The minimum atomic E-state index is 0.644. The molecule has 0 aliphatic carbocycles. The van der Waals surface area contributed by atoms with Crippen molar-refractivity contribution in [3.05, 3.63) is 23.9 Å². The molecule has 0 atom stereocenters. The predicted octanol–water partition coefficient (Wildman–Crippen LogP) is 1.49. The van der Waals surface area contributed by atoms with Crippen LogP contribution in [0, 0.1) is 6.92 Å². The highest BCUT2D eigenvalue weighted by Crippen LogP contribution is 2.06. The summed E-state index contributed by atoms with van der Waals surface area (Å²) in [6.45, 7) is 6.14. The van der Waals surface area contributed by atoms with E-state index < -0.39 is 0 Å². The van der Waals surface area contributed by atoms with Crippen molar-refractivity contribution in [1.29, 1.82) is 0 Å². The van der Waals surface area contributed by atoms with E-state index in [1.54, 1.807) is 4.52 Å². The lowest BCUT2D eigenvalue weighted by Crippen LogP contribution is -2.10. The van der Waals surface area contributed by atoms with Crippen molar-refractivity contribution >= 4 is 11.6 Å². The lowest BCUT2D eigenvalue weighted by Gasteiger charge is -2.00. The second-order valence-electron chi connectivity index (χ2n) is 3.57. The van der Waals surface area contributed by atoms with Gasteiger partial charge in [0.2, 0.25) is 5.95 Å². The molecule has 0 aliphatic heterocycles. The third kappa shape index (κ3) is 2.49. The number of aromatic nitrogens is 3. The molecule has 2 aromatic heterocycles. The molecule has 86 valence electrons. The number of ether oxygens (including phenoxy) is 1. The molecule has 0 unspecified atom stereocenters. The fourth-order valence-corrected chi connectivity index (χ4v) is 1.44. The van der Waals surface area contributed by atoms with E-state index in [4.69, 9.17) is 4.74 Å². The summed E-state index contributed by atoms with van der Waals surface area (Å²) in [6, 6.07) is 3.98. The van der Waals surface area contributed by atoms with Crippen molar-refractivity contribution in [2.24, 2.45) is 0 Å². The van der Waals surface area contributed by atoms with Crippen molar-refractivity contribution < 1.29 is 4.74 Å². The number of hydrogen-bond donors (Lipinski definition) is 1. The van der Waals surface area contributed by atoms with Crippen LogP contribution in [0.4, 0.5) is 5.95 Å². The van der Waals surface area contributed by atoms with Gasteiger partial charge in [0.1, 0.15) is 0 Å². The van der Waals surface area contributed by atoms with Gasteiger partial charge in [-0.1, -0.05) is 6.07 Å². The minimum absolute atomic E-state index is 0.644. The van der Waals surface area contributed by atoms with Crippen LogP contribution in [0.3, 0.4) is 0 Å². The summed E-state index contributed by atoms with van der Waals surface area (Å²) in [5.74, 6) is 0.644. The molecular weight excluding hydrogens is 204 g/mol. The monoisotopic (exact) mass is 220 g/mol. The fourth-order valence-electron chi connectivity index (χ4n) is 1.44. The number of aryl methyl sites for hydroxylation is 1. The first-order chi connectivity index (χ1) is 7.79. The molecule has 0 fully saturated rings. The Morgan fingerprint density at radius 1 is 1.44 bits per heavy atom. The standard InChI is InChI=1S/C11H16N4O/c1-3-16-7-6-12-11-13-10-5-4-9(2)8-15(10)14-11/h4-5,8H,3,6-7H2,1-2H3,(H,12,14). The van der Waals surface area contributed by atoms with Crippen molar-refractivity contribution in [2.75, 3.05) is 25.1 Å². The van der Waals surface area contributed by atoms with Gasteiger partial charge < -0.3 is 10.1 Å². The predicted molar refractivity (Wildman–Crippen MR) is 62.7 cm³/mol. The van der Waals surface area contributed by atoms with Crippen molar-refractivity contribution in [2.45, 2.75) is 13.8 Å². The average molecular weight is 220 g/mol. The van der Waals surface area contributed by atoms with Crippen LogP contribution in [0.1, 0.15) is 12.5 Å². The van der Waals surface area contributed by atoms with Gasteiger partial charge in [0.05, 0.1) is 6.61 Å². The van der Waals surface area contributed by atoms with E-state index >= 15 is 0 Å². The maximum absolute atomic E-state index is 5.22. The second-order valence-corrected chi connectivity index (χ2v) is 3.57. The van der Waals surface area contributed by atoms with E-state index in [0.717, 1.165) is 18.8 Å². The molecule has 2 aromatic rings. The van der Waals surface area contributed by atoms with Crippen LogP contribution in [0.15, 0.2) is 18.3 Å². The number of hydrogen-bond acceptors (Lipinski definition) is 4. The fraction of sp³-hybridized carbons (Fsp3) is 0.455. The first-order valence-electron chi connectivity index (χ1n) is 5.44. The average Bonchev–Trinajstić information content (AvgIpc) is 2.66. The molecule has 2 heterocycles. The van der Waals surface area contributed by atoms with Gasteiger partial charge >= 0.3 is 0 Å². The van der Waals surface area contributed by atoms with Gasteiger partial charge in [-0.15, -0.1) is 5.10 Å². The zero-order chi connectivity index (χ0) is 11.4. The van der Waals surface area contributed by atoms with Crippen molar-refractivity contribution in [3.8, 4) is 0 Å². The minimum Gasteiger partial charge on any atom is -0.380 e. The Kier molecular flexibility index (Phi) is 3.36. The van der Waals surface area contributed by atoms with Gasteiger partial charge in [0.15, 0.2) is 5.65 Å². The van der Waals surface area contributed by atoms with Crippen molar-refractivity contribution in [3.63, 3.8) is 0 Å². The van der Waals surface area contributed by atoms with Gasteiger partial charge in [-0.25, -0.2) is 4.52 Å². The molecular formula is C11H16N4O. The Balaban J connectivity index is 2.02. The number of rotatable bonds is 5. The van der Waals surface area contributed by atoms with Crippen molar-refractivity contribution in [1.82, 2.24) is 14.6 Å². The van der Waals surface area contributed by atoms with Crippen LogP contribution in [-0.2, 0) is 4.74 Å². The molecule has 0 aromatic carbocycles. The second kappa shape index (κ2) is 4.94. The van der Waals surface area contributed by atoms with E-state index in [1.807, 2.05) is 32.2 Å². The molecule has 0 aliphatic rings. The van der Waals surface area contributed by atoms with Crippen LogP contribution >= 0.6 is 0 Å². The van der Waals surface area contributed by atoms with E-state index in [2.05, 4.69) is 15.4 Å². The molecule has 1 N–H and O–H groups in total. The normalized spacial score (nSPS) is 10.9. The quantitative estimate of drug-likeness (QED) is 0.775. The first kappa shape index (κ1) is 10.9. The zero-order valence-corrected chi connectivity index (χ0v) is 9.60. The van der Waals surface area contributed by atoms with E-state index in [9.17, 15) is 0 Å². The summed E-state index contributed by atoms with van der Waals surface area (Å²) in [4.78, 5) is 4.34. The van der Waals surface area contributed by atoms with E-state index in [-0.39, 0.29) is 0 Å². The Hall–Kier alpha value is -1.62. The Labute approximate surface area is 94.4 Å². The van der Waals surface area contributed by atoms with E-state index in [1.165, 1.54) is 5.56 Å². The van der Waals surface area contributed by atoms with Crippen LogP contribution < -0.4 is 5.32 Å². The summed E-state index contributed by atoms with van der Waals surface area (Å²) in [7, 11) is 0. The third-order valence-electron chi connectivity index (χ3n) is 2.21. The molecule has 0 radical (unpaired) electrons. The molecule has 2 rings (SSSR count). The van der Waals surface area contributed by atoms with Crippen LogP contribution in [0.5, 0.6) is 0 Å². The highest BCUT2D eigenvalue weighted by Gasteiger charge is 2.01. The van der Waals surface area contributed by atoms with Gasteiger partial charge in [-0.2, -0.15) is 4.98 Å². The topological polar surface area (TPSA) is 51.5 Å². The number of nitrogens with one attached hydrogen (secondary N) is 1. The lowest BCUT2D eigenvalue weighted by molar-refractivity contribution is 0.158. The number of anilines is 1. The van der Waals surface area contributed by atoms with Gasteiger partial charge in [-0.05, 0) is 25.5 Å². The van der Waals surface area contributed by atoms with Gasteiger partial charge in [0.25, 0.3) is 0 Å². The molecule has 0 amide bonds. The summed E-state index contributed by atoms with van der Waals surface area (Å²) < 4.78 is 7.00. The van der Waals surface area contributed by atoms with Crippen LogP contribution in [0.2, 0.25) is 0 Å². The highest BCUT2D eigenvalue weighted by atomic mass is 16.5. The molecule has 5 heteroatoms. The van der Waals surface area contributed by atoms with Gasteiger partial charge in [0, 0.05) is 19.3 Å². The maximum Gasteiger partial charge on any atom is 0.243 e. The van der Waals surface area contributed by atoms with E-state index in [0.29, 0.717) is 12.6 Å². The Morgan fingerprint density at radius 2 is 2.31 bits per heavy atom. The molecule has 16 heavy (non-hydrogen) atoms. The summed E-state index contributed by atoms with van der Waals surface area (Å²) >= 11 is 0. The number of nitrogens with zero attached hydrogens (tertiary/aromatic N) is 3. The zero-order valence-electron chi connectivity index (χ0n) is 9.60.